The van der Waals surface area contributed by atoms with Crippen molar-refractivity contribution in [2.24, 2.45) is 7.05 Å². The fraction of sp³-hybridized carbons (Fsp3) is 0.500. The second kappa shape index (κ2) is 8.58. The van der Waals surface area contributed by atoms with E-state index >= 15 is 0 Å². The van der Waals surface area contributed by atoms with Gasteiger partial charge in [-0.2, -0.15) is 0 Å². The molecule has 0 aliphatic carbocycles. The van der Waals surface area contributed by atoms with Gasteiger partial charge in [-0.25, -0.2) is 4.98 Å². The first kappa shape index (κ1) is 17.3. The van der Waals surface area contributed by atoms with E-state index in [-0.39, 0.29) is 6.04 Å². The van der Waals surface area contributed by atoms with Gasteiger partial charge < -0.3 is 19.4 Å². The van der Waals surface area contributed by atoms with Crippen LogP contribution in [0.15, 0.2) is 30.7 Å². The first-order chi connectivity index (χ1) is 11.2. The Balaban J connectivity index is 1.99. The average Bonchev–Trinajstić information content (AvgIpc) is 2.98. The first-order valence-electron chi connectivity index (χ1n) is 8.15. The summed E-state index contributed by atoms with van der Waals surface area (Å²) in [6.45, 7) is 5.79. The van der Waals surface area contributed by atoms with Crippen LogP contribution in [0.2, 0.25) is 0 Å². The highest BCUT2D eigenvalue weighted by Gasteiger charge is 2.11. The number of aryl methyl sites for hydroxylation is 1. The lowest BCUT2D eigenvalue weighted by Gasteiger charge is -2.17. The molecule has 1 aromatic carbocycles. The maximum absolute atomic E-state index is 5.78. The van der Waals surface area contributed by atoms with Crippen molar-refractivity contribution >= 4 is 0 Å². The van der Waals surface area contributed by atoms with Crippen molar-refractivity contribution in [3.05, 3.63) is 42.0 Å². The molecule has 0 amide bonds. The minimum atomic E-state index is 0.212. The molecule has 0 radical (unpaired) electrons. The summed E-state index contributed by atoms with van der Waals surface area (Å²) in [6.07, 6.45) is 5.86. The van der Waals surface area contributed by atoms with Crippen molar-refractivity contribution in [1.82, 2.24) is 14.9 Å². The number of aromatic nitrogens is 2. The molecule has 0 saturated heterocycles. The third-order valence-electron chi connectivity index (χ3n) is 3.95. The van der Waals surface area contributed by atoms with Crippen molar-refractivity contribution in [2.45, 2.75) is 39.3 Å². The molecule has 1 heterocycles. The number of nitrogens with zero attached hydrogens (tertiary/aromatic N) is 2. The molecule has 1 atom stereocenters. The Morgan fingerprint density at radius 1 is 1.30 bits per heavy atom. The number of hydrogen-bond acceptors (Lipinski definition) is 4. The van der Waals surface area contributed by atoms with Gasteiger partial charge in [0.25, 0.3) is 0 Å². The molecule has 1 N–H and O–H groups in total. The number of imidazole rings is 1. The van der Waals surface area contributed by atoms with E-state index in [1.165, 1.54) is 5.56 Å². The molecule has 0 saturated carbocycles. The van der Waals surface area contributed by atoms with Crippen molar-refractivity contribution in [3.8, 4) is 11.5 Å². The molecule has 0 bridgehead atoms. The maximum atomic E-state index is 5.78. The highest BCUT2D eigenvalue weighted by Crippen LogP contribution is 2.30. The fourth-order valence-electron chi connectivity index (χ4n) is 2.33. The molecule has 126 valence electrons. The van der Waals surface area contributed by atoms with Gasteiger partial charge in [-0.1, -0.05) is 19.4 Å². The Morgan fingerprint density at radius 2 is 2.13 bits per heavy atom. The Bertz CT molecular complexity index is 610. The second-order valence-corrected chi connectivity index (χ2v) is 5.71. The van der Waals surface area contributed by atoms with Crippen LogP contribution in [-0.2, 0) is 13.6 Å². The highest BCUT2D eigenvalue weighted by atomic mass is 16.5. The lowest BCUT2D eigenvalue weighted by Crippen LogP contribution is -2.19. The fourth-order valence-corrected chi connectivity index (χ4v) is 2.33. The minimum Gasteiger partial charge on any atom is -0.493 e. The van der Waals surface area contributed by atoms with Crippen LogP contribution in [0, 0.1) is 0 Å². The minimum absolute atomic E-state index is 0.212. The van der Waals surface area contributed by atoms with Gasteiger partial charge in [0.2, 0.25) is 0 Å². The summed E-state index contributed by atoms with van der Waals surface area (Å²) in [5.41, 5.74) is 2.33. The third-order valence-corrected chi connectivity index (χ3v) is 3.95. The predicted molar refractivity (Wildman–Crippen MR) is 91.9 cm³/mol. The van der Waals surface area contributed by atoms with Gasteiger partial charge in [-0.3, -0.25) is 0 Å². The van der Waals surface area contributed by atoms with Crippen molar-refractivity contribution in [1.29, 1.82) is 0 Å². The van der Waals surface area contributed by atoms with E-state index < -0.39 is 0 Å². The van der Waals surface area contributed by atoms with Gasteiger partial charge in [0.05, 0.1) is 25.7 Å². The van der Waals surface area contributed by atoms with Crippen LogP contribution in [0.1, 0.15) is 44.0 Å². The number of methoxy groups -OCH3 is 1. The molecule has 0 fully saturated rings. The van der Waals surface area contributed by atoms with Gasteiger partial charge >= 0.3 is 0 Å². The van der Waals surface area contributed by atoms with Crippen LogP contribution in [-0.4, -0.2) is 23.3 Å². The first-order valence-corrected chi connectivity index (χ1v) is 8.15. The van der Waals surface area contributed by atoms with Crippen LogP contribution < -0.4 is 14.8 Å². The molecule has 0 aliphatic rings. The molecule has 23 heavy (non-hydrogen) atoms. The Hall–Kier alpha value is -2.01. The van der Waals surface area contributed by atoms with Crippen LogP contribution in [0.4, 0.5) is 0 Å². The number of benzene rings is 1. The highest BCUT2D eigenvalue weighted by molar-refractivity contribution is 5.43. The zero-order valence-electron chi connectivity index (χ0n) is 14.5. The topological polar surface area (TPSA) is 48.3 Å². The number of ether oxygens (including phenoxy) is 2. The zero-order valence-corrected chi connectivity index (χ0v) is 14.5. The number of hydrogen-bond donors (Lipinski definition) is 1. The summed E-state index contributed by atoms with van der Waals surface area (Å²) in [7, 11) is 3.68. The largest absolute Gasteiger partial charge is 0.493 e. The molecule has 0 aliphatic heterocycles. The summed E-state index contributed by atoms with van der Waals surface area (Å²) in [5.74, 6) is 1.59. The van der Waals surface area contributed by atoms with Gasteiger partial charge in [-0.15, -0.1) is 0 Å². The van der Waals surface area contributed by atoms with E-state index in [9.17, 15) is 0 Å². The van der Waals surface area contributed by atoms with E-state index in [2.05, 4.69) is 30.2 Å². The standard InChI is InChI=1S/C18H27N3O2/c1-5-6-9-23-17-8-7-15(10-18(17)22-4)14(2)20-12-16-11-19-13-21(16)3/h7-8,10-11,13-14,20H,5-6,9,12H2,1-4H3. The molecule has 2 aromatic rings. The van der Waals surface area contributed by atoms with Crippen LogP contribution in [0.5, 0.6) is 11.5 Å². The molecule has 1 unspecified atom stereocenters. The van der Waals surface area contributed by atoms with E-state index in [0.717, 1.165) is 43.2 Å². The lowest BCUT2D eigenvalue weighted by molar-refractivity contribution is 0.288. The van der Waals surface area contributed by atoms with Gasteiger partial charge in [0, 0.05) is 25.8 Å². The van der Waals surface area contributed by atoms with Crippen LogP contribution in [0.25, 0.3) is 0 Å². The molecule has 5 heteroatoms. The van der Waals surface area contributed by atoms with Gasteiger partial charge in [0.15, 0.2) is 11.5 Å². The van der Waals surface area contributed by atoms with E-state index in [1.54, 1.807) is 7.11 Å². The van der Waals surface area contributed by atoms with Crippen molar-refractivity contribution in [2.75, 3.05) is 13.7 Å². The molecular weight excluding hydrogens is 290 g/mol. The number of unbranched alkanes of at least 4 members (excludes halogenated alkanes) is 1. The summed E-state index contributed by atoms with van der Waals surface area (Å²) in [4.78, 5) is 4.13. The SMILES string of the molecule is CCCCOc1ccc(C(C)NCc2cncn2C)cc1OC. The third kappa shape index (κ3) is 4.73. The zero-order chi connectivity index (χ0) is 16.7. The van der Waals surface area contributed by atoms with Crippen LogP contribution in [0.3, 0.4) is 0 Å². The Morgan fingerprint density at radius 3 is 2.78 bits per heavy atom. The lowest BCUT2D eigenvalue weighted by atomic mass is 10.1. The Kier molecular flexibility index (Phi) is 6.47. The summed E-state index contributed by atoms with van der Waals surface area (Å²) < 4.78 is 13.3. The van der Waals surface area contributed by atoms with Gasteiger partial charge in [0.1, 0.15) is 0 Å². The molecule has 5 nitrogen and oxygen atoms in total. The van der Waals surface area contributed by atoms with E-state index in [0.29, 0.717) is 0 Å². The smallest absolute Gasteiger partial charge is 0.161 e. The van der Waals surface area contributed by atoms with Crippen molar-refractivity contribution < 1.29 is 9.47 Å². The molecule has 2 rings (SSSR count). The maximum Gasteiger partial charge on any atom is 0.161 e. The summed E-state index contributed by atoms with van der Waals surface area (Å²) in [5, 5.41) is 3.51. The average molecular weight is 317 g/mol. The normalized spacial score (nSPS) is 12.2. The summed E-state index contributed by atoms with van der Waals surface area (Å²) in [6, 6.07) is 6.34. The summed E-state index contributed by atoms with van der Waals surface area (Å²) >= 11 is 0. The van der Waals surface area contributed by atoms with E-state index in [1.807, 2.05) is 36.3 Å². The second-order valence-electron chi connectivity index (χ2n) is 5.71. The number of rotatable bonds is 9. The molecule has 1 aromatic heterocycles. The van der Waals surface area contributed by atoms with Gasteiger partial charge in [-0.05, 0) is 31.0 Å². The Labute approximate surface area is 138 Å². The van der Waals surface area contributed by atoms with E-state index in [4.69, 9.17) is 9.47 Å². The van der Waals surface area contributed by atoms with Crippen LogP contribution >= 0.6 is 0 Å². The predicted octanol–water partition coefficient (Wildman–Crippen LogP) is 3.46. The molecular formula is C18H27N3O2. The van der Waals surface area contributed by atoms with Crippen molar-refractivity contribution in [3.63, 3.8) is 0 Å². The quantitative estimate of drug-likeness (QED) is 0.720. The molecule has 0 spiro atoms. The monoisotopic (exact) mass is 317 g/mol. The number of nitrogens with one attached hydrogen (secondary N) is 1.